The third-order valence-electron chi connectivity index (χ3n) is 3.69. The summed E-state index contributed by atoms with van der Waals surface area (Å²) in [6, 6.07) is 5.95. The minimum Gasteiger partial charge on any atom is -0.398 e. The smallest absolute Gasteiger partial charge is 0.0819 e. The lowest BCUT2D eigenvalue weighted by Crippen LogP contribution is -2.38. The predicted molar refractivity (Wildman–Crippen MR) is 72.1 cm³/mol. The summed E-state index contributed by atoms with van der Waals surface area (Å²) >= 11 is 0. The van der Waals surface area contributed by atoms with Gasteiger partial charge in [0.15, 0.2) is 0 Å². The summed E-state index contributed by atoms with van der Waals surface area (Å²) in [4.78, 5) is 0. The fraction of sp³-hybridized carbons (Fsp3) is 0.571. The summed E-state index contributed by atoms with van der Waals surface area (Å²) in [7, 11) is 0. The molecule has 1 aromatic carbocycles. The fourth-order valence-electron chi connectivity index (χ4n) is 2.40. The lowest BCUT2D eigenvalue weighted by molar-refractivity contribution is 0.0167. The van der Waals surface area contributed by atoms with Crippen LogP contribution >= 0.6 is 0 Å². The molecule has 4 N–H and O–H groups in total. The van der Waals surface area contributed by atoms with Gasteiger partial charge in [-0.05, 0) is 37.5 Å². The van der Waals surface area contributed by atoms with Crippen LogP contribution in [0, 0.1) is 6.92 Å². The second kappa shape index (κ2) is 4.96. The monoisotopic (exact) mass is 234 g/mol. The molecule has 0 spiro atoms. The van der Waals surface area contributed by atoms with Crippen molar-refractivity contribution < 1.29 is 5.11 Å². The van der Waals surface area contributed by atoms with Gasteiger partial charge in [-0.1, -0.05) is 25.3 Å². The molecule has 0 heterocycles. The molecule has 17 heavy (non-hydrogen) atoms. The van der Waals surface area contributed by atoms with Crippen LogP contribution < -0.4 is 11.1 Å². The summed E-state index contributed by atoms with van der Waals surface area (Å²) in [6.07, 6.45) is 5.32. The molecule has 0 aromatic heterocycles. The maximum atomic E-state index is 10.4. The zero-order valence-corrected chi connectivity index (χ0v) is 10.5. The normalized spacial score (nSPS) is 18.9. The quantitative estimate of drug-likeness (QED) is 0.705. The number of benzene rings is 1. The van der Waals surface area contributed by atoms with Crippen molar-refractivity contribution in [2.75, 3.05) is 17.6 Å². The molecule has 1 aliphatic carbocycles. The average molecular weight is 234 g/mol. The molecule has 0 saturated heterocycles. The van der Waals surface area contributed by atoms with Gasteiger partial charge in [0.25, 0.3) is 0 Å². The average Bonchev–Trinajstić information content (AvgIpc) is 2.32. The Kier molecular flexibility index (Phi) is 3.57. The fourth-order valence-corrected chi connectivity index (χ4v) is 2.40. The Balaban J connectivity index is 1.94. The maximum absolute atomic E-state index is 10.4. The highest BCUT2D eigenvalue weighted by Crippen LogP contribution is 2.28. The van der Waals surface area contributed by atoms with Gasteiger partial charge in [0, 0.05) is 17.9 Å². The number of aliphatic hydroxyl groups is 1. The molecule has 0 radical (unpaired) electrons. The Morgan fingerprint density at radius 2 is 2.00 bits per heavy atom. The summed E-state index contributed by atoms with van der Waals surface area (Å²) in [5.41, 5.74) is 8.21. The zero-order chi connectivity index (χ0) is 12.3. The Morgan fingerprint density at radius 3 is 2.65 bits per heavy atom. The molecule has 0 atom stereocenters. The van der Waals surface area contributed by atoms with E-state index in [4.69, 9.17) is 5.73 Å². The van der Waals surface area contributed by atoms with Crippen molar-refractivity contribution in [1.29, 1.82) is 0 Å². The van der Waals surface area contributed by atoms with E-state index in [0.717, 1.165) is 42.6 Å². The Morgan fingerprint density at radius 1 is 1.29 bits per heavy atom. The van der Waals surface area contributed by atoms with E-state index >= 15 is 0 Å². The van der Waals surface area contributed by atoms with Crippen LogP contribution in [0.1, 0.15) is 37.7 Å². The lowest BCUT2D eigenvalue weighted by atomic mass is 9.85. The van der Waals surface area contributed by atoms with Crippen molar-refractivity contribution in [3.05, 3.63) is 23.8 Å². The molecule has 1 fully saturated rings. The minimum absolute atomic E-state index is 0.530. The van der Waals surface area contributed by atoms with Crippen LogP contribution in [-0.2, 0) is 0 Å². The molecule has 1 saturated carbocycles. The number of nitrogens with two attached hydrogens (primary N) is 1. The number of nitrogen functional groups attached to an aromatic ring is 1. The highest BCUT2D eigenvalue weighted by Gasteiger charge is 2.28. The molecule has 0 aliphatic heterocycles. The molecule has 0 bridgehead atoms. The minimum atomic E-state index is -0.530. The Hall–Kier alpha value is -1.22. The van der Waals surface area contributed by atoms with E-state index in [1.165, 1.54) is 6.42 Å². The first-order valence-corrected chi connectivity index (χ1v) is 6.41. The molecule has 2 rings (SSSR count). The number of rotatable bonds is 3. The zero-order valence-electron chi connectivity index (χ0n) is 10.5. The molecule has 3 nitrogen and oxygen atoms in total. The Labute approximate surface area is 103 Å². The maximum Gasteiger partial charge on any atom is 0.0819 e. The lowest BCUT2D eigenvalue weighted by Gasteiger charge is -2.32. The van der Waals surface area contributed by atoms with Crippen LogP contribution in [0.25, 0.3) is 0 Å². The summed E-state index contributed by atoms with van der Waals surface area (Å²) in [5, 5.41) is 13.7. The molecule has 1 aromatic rings. The van der Waals surface area contributed by atoms with Gasteiger partial charge >= 0.3 is 0 Å². The SMILES string of the molecule is Cc1ccc(NCC2(O)CCCCC2)cc1N. The van der Waals surface area contributed by atoms with Crippen LogP contribution in [0.5, 0.6) is 0 Å². The van der Waals surface area contributed by atoms with Gasteiger partial charge in [-0.3, -0.25) is 0 Å². The van der Waals surface area contributed by atoms with E-state index < -0.39 is 5.60 Å². The van der Waals surface area contributed by atoms with Crippen LogP contribution in [0.3, 0.4) is 0 Å². The number of nitrogens with one attached hydrogen (secondary N) is 1. The van der Waals surface area contributed by atoms with E-state index in [2.05, 4.69) is 5.32 Å². The first kappa shape index (κ1) is 12.2. The van der Waals surface area contributed by atoms with Crippen molar-refractivity contribution in [3.63, 3.8) is 0 Å². The van der Waals surface area contributed by atoms with Crippen LogP contribution in [0.2, 0.25) is 0 Å². The van der Waals surface area contributed by atoms with Gasteiger partial charge in [0.05, 0.1) is 5.60 Å². The van der Waals surface area contributed by atoms with E-state index in [0.29, 0.717) is 6.54 Å². The third-order valence-corrected chi connectivity index (χ3v) is 3.69. The van der Waals surface area contributed by atoms with Crippen LogP contribution in [0.15, 0.2) is 18.2 Å². The Bertz CT molecular complexity index is 384. The van der Waals surface area contributed by atoms with Crippen molar-refractivity contribution in [2.45, 2.75) is 44.6 Å². The van der Waals surface area contributed by atoms with Crippen molar-refractivity contribution in [2.24, 2.45) is 0 Å². The first-order chi connectivity index (χ1) is 8.09. The predicted octanol–water partition coefficient (Wildman–Crippen LogP) is 2.68. The van der Waals surface area contributed by atoms with Crippen molar-refractivity contribution >= 4 is 11.4 Å². The standard InChI is InChI=1S/C14H22N2O/c1-11-5-6-12(9-13(11)15)16-10-14(17)7-3-2-4-8-14/h5-6,9,16-17H,2-4,7-8,10,15H2,1H3. The molecule has 0 unspecified atom stereocenters. The van der Waals surface area contributed by atoms with Gasteiger partial charge < -0.3 is 16.2 Å². The molecule has 1 aliphatic rings. The van der Waals surface area contributed by atoms with Gasteiger partial charge in [-0.15, -0.1) is 0 Å². The highest BCUT2D eigenvalue weighted by atomic mass is 16.3. The molecular weight excluding hydrogens is 212 g/mol. The van der Waals surface area contributed by atoms with Crippen LogP contribution in [-0.4, -0.2) is 17.3 Å². The van der Waals surface area contributed by atoms with E-state index in [9.17, 15) is 5.11 Å². The molecule has 94 valence electrons. The number of aryl methyl sites for hydroxylation is 1. The number of hydrogen-bond donors (Lipinski definition) is 3. The third kappa shape index (κ3) is 3.13. The first-order valence-electron chi connectivity index (χ1n) is 6.41. The highest BCUT2D eigenvalue weighted by molar-refractivity contribution is 5.58. The van der Waals surface area contributed by atoms with Crippen molar-refractivity contribution in [1.82, 2.24) is 0 Å². The van der Waals surface area contributed by atoms with Gasteiger partial charge in [-0.2, -0.15) is 0 Å². The second-order valence-corrected chi connectivity index (χ2v) is 5.21. The summed E-state index contributed by atoms with van der Waals surface area (Å²) < 4.78 is 0. The number of hydrogen-bond acceptors (Lipinski definition) is 3. The van der Waals surface area contributed by atoms with Gasteiger partial charge in [0.2, 0.25) is 0 Å². The van der Waals surface area contributed by atoms with Crippen LogP contribution in [0.4, 0.5) is 11.4 Å². The molecule has 0 amide bonds. The van der Waals surface area contributed by atoms with E-state index in [-0.39, 0.29) is 0 Å². The largest absolute Gasteiger partial charge is 0.398 e. The summed E-state index contributed by atoms with van der Waals surface area (Å²) in [5.74, 6) is 0. The second-order valence-electron chi connectivity index (χ2n) is 5.21. The van der Waals surface area contributed by atoms with E-state index in [1.54, 1.807) is 0 Å². The topological polar surface area (TPSA) is 58.3 Å². The van der Waals surface area contributed by atoms with E-state index in [1.807, 2.05) is 25.1 Å². The van der Waals surface area contributed by atoms with Gasteiger partial charge in [-0.25, -0.2) is 0 Å². The number of anilines is 2. The summed E-state index contributed by atoms with van der Waals surface area (Å²) in [6.45, 7) is 2.61. The van der Waals surface area contributed by atoms with Crippen molar-refractivity contribution in [3.8, 4) is 0 Å². The molecular formula is C14H22N2O. The molecule has 3 heteroatoms. The van der Waals surface area contributed by atoms with Gasteiger partial charge in [0.1, 0.15) is 0 Å².